The number of hydrogen-bond acceptors (Lipinski definition) is 6. The van der Waals surface area contributed by atoms with Crippen molar-refractivity contribution >= 4 is 18.2 Å². The lowest BCUT2D eigenvalue weighted by Gasteiger charge is -2.41. The van der Waals surface area contributed by atoms with E-state index in [-0.39, 0.29) is 25.4 Å². The van der Waals surface area contributed by atoms with Gasteiger partial charge in [-0.3, -0.25) is 4.98 Å². The monoisotopic (exact) mass is 541 g/mol. The van der Waals surface area contributed by atoms with Crippen LogP contribution in [0, 0.1) is 31.3 Å². The summed E-state index contributed by atoms with van der Waals surface area (Å²) in [6.45, 7) is 5.81. The molecule has 0 bridgehead atoms. The van der Waals surface area contributed by atoms with Crippen molar-refractivity contribution < 1.29 is 32.2 Å². The summed E-state index contributed by atoms with van der Waals surface area (Å²) >= 11 is 0. The van der Waals surface area contributed by atoms with Crippen molar-refractivity contribution in [2.24, 2.45) is 5.10 Å². The molecule has 204 valence electrons. The molecule has 39 heavy (non-hydrogen) atoms. The van der Waals surface area contributed by atoms with E-state index in [1.807, 2.05) is 0 Å². The molecule has 1 fully saturated rings. The molecule has 1 atom stereocenters. The van der Waals surface area contributed by atoms with Gasteiger partial charge in [-0.15, -0.1) is 0 Å². The largest absolute Gasteiger partial charge is 0.483 e. The van der Waals surface area contributed by atoms with Crippen LogP contribution in [0.2, 0.25) is 0 Å². The van der Waals surface area contributed by atoms with E-state index in [1.54, 1.807) is 20.8 Å². The number of aromatic nitrogens is 2. The number of aryl methyl sites for hydroxylation is 1. The van der Waals surface area contributed by atoms with E-state index in [1.165, 1.54) is 34.3 Å². The molecule has 1 N–H and O–H groups in total. The Morgan fingerprint density at radius 3 is 2.51 bits per heavy atom. The highest BCUT2D eigenvalue weighted by atomic mass is 19.1. The lowest BCUT2D eigenvalue weighted by molar-refractivity contribution is 0.0256. The van der Waals surface area contributed by atoms with Crippen LogP contribution >= 0.6 is 0 Å². The number of amides is 2. The molecule has 3 aromatic rings. The van der Waals surface area contributed by atoms with E-state index in [0.717, 1.165) is 12.3 Å². The van der Waals surface area contributed by atoms with E-state index < -0.39 is 41.6 Å². The number of carbonyl (C=O) groups excluding carboxylic acids is 2. The van der Waals surface area contributed by atoms with Gasteiger partial charge in [0.15, 0.2) is 11.6 Å². The fourth-order valence-electron chi connectivity index (χ4n) is 4.82. The number of esters is 1. The predicted octanol–water partition coefficient (Wildman–Crippen LogP) is 4.90. The van der Waals surface area contributed by atoms with Gasteiger partial charge in [0, 0.05) is 36.0 Å². The molecule has 0 spiro atoms. The average molecular weight is 542 g/mol. The first-order valence-electron chi connectivity index (χ1n) is 12.4. The van der Waals surface area contributed by atoms with Crippen LogP contribution in [0.25, 0.3) is 11.3 Å². The Morgan fingerprint density at radius 2 is 1.82 bits per heavy atom. The maximum Gasteiger partial charge on any atom is 0.355 e. The van der Waals surface area contributed by atoms with Gasteiger partial charge in [-0.2, -0.15) is 5.10 Å². The lowest BCUT2D eigenvalue weighted by Crippen LogP contribution is -2.58. The minimum absolute atomic E-state index is 0.0397. The second kappa shape index (κ2) is 10.4. The number of likely N-dealkylation sites (tertiary alicyclic amines) is 1. The SMILES string of the molecule is CCOC(=O)c1[nH]c(C)c(-c2cc(OC3CN(C(=O)N4N=CC[C@H]4c4cc(F)cc(F)c4)C3)c(F)cn2)c1C. The molecule has 4 heterocycles. The second-order valence-corrected chi connectivity index (χ2v) is 9.37. The summed E-state index contributed by atoms with van der Waals surface area (Å²) in [5, 5.41) is 5.28. The topological polar surface area (TPSA) is 100 Å². The van der Waals surface area contributed by atoms with Gasteiger partial charge < -0.3 is 19.4 Å². The number of H-pyrrole nitrogens is 1. The number of carbonyl (C=O) groups is 2. The molecule has 1 aromatic carbocycles. The number of pyridine rings is 1. The van der Waals surface area contributed by atoms with Crippen molar-refractivity contribution in [3.8, 4) is 17.0 Å². The van der Waals surface area contributed by atoms with Crippen molar-refractivity contribution in [1.29, 1.82) is 0 Å². The summed E-state index contributed by atoms with van der Waals surface area (Å²) in [5.41, 5.74) is 2.95. The summed E-state index contributed by atoms with van der Waals surface area (Å²) in [4.78, 5) is 33.9. The van der Waals surface area contributed by atoms with Gasteiger partial charge in [-0.25, -0.2) is 27.8 Å². The van der Waals surface area contributed by atoms with Gasteiger partial charge in [-0.05, 0) is 44.0 Å². The number of halogens is 3. The first-order chi connectivity index (χ1) is 18.7. The van der Waals surface area contributed by atoms with Gasteiger partial charge in [0.1, 0.15) is 23.4 Å². The number of ether oxygens (including phenoxy) is 2. The van der Waals surface area contributed by atoms with Crippen LogP contribution in [0.1, 0.15) is 46.7 Å². The van der Waals surface area contributed by atoms with Crippen LogP contribution in [0.15, 0.2) is 35.6 Å². The van der Waals surface area contributed by atoms with E-state index in [4.69, 9.17) is 9.47 Å². The first-order valence-corrected chi connectivity index (χ1v) is 12.4. The van der Waals surface area contributed by atoms with Gasteiger partial charge in [0.2, 0.25) is 0 Å². The Labute approximate surface area is 222 Å². The normalized spacial score (nSPS) is 16.9. The smallest absolute Gasteiger partial charge is 0.355 e. The summed E-state index contributed by atoms with van der Waals surface area (Å²) in [7, 11) is 0. The summed E-state index contributed by atoms with van der Waals surface area (Å²) in [6.07, 6.45) is 2.40. The quantitative estimate of drug-likeness (QED) is 0.448. The maximum absolute atomic E-state index is 14.6. The number of hydrogen-bond donors (Lipinski definition) is 1. The van der Waals surface area contributed by atoms with Crippen LogP contribution in [0.3, 0.4) is 0 Å². The number of aromatic amines is 1. The molecule has 0 saturated carbocycles. The molecule has 12 heteroatoms. The molecule has 0 aliphatic carbocycles. The predicted molar refractivity (Wildman–Crippen MR) is 135 cm³/mol. The highest BCUT2D eigenvalue weighted by Crippen LogP contribution is 2.34. The highest BCUT2D eigenvalue weighted by Gasteiger charge is 2.39. The Bertz CT molecular complexity index is 1450. The molecule has 0 unspecified atom stereocenters. The van der Waals surface area contributed by atoms with Gasteiger partial charge >= 0.3 is 12.0 Å². The van der Waals surface area contributed by atoms with Crippen LogP contribution in [0.5, 0.6) is 5.75 Å². The summed E-state index contributed by atoms with van der Waals surface area (Å²) in [5.74, 6) is -2.67. The van der Waals surface area contributed by atoms with Crippen molar-refractivity contribution in [2.75, 3.05) is 19.7 Å². The zero-order valence-electron chi connectivity index (χ0n) is 21.5. The van der Waals surface area contributed by atoms with Crippen LogP contribution in [0.4, 0.5) is 18.0 Å². The van der Waals surface area contributed by atoms with Crippen molar-refractivity contribution in [2.45, 2.75) is 39.3 Å². The van der Waals surface area contributed by atoms with Crippen molar-refractivity contribution in [3.05, 3.63) is 70.4 Å². The fraction of sp³-hybridized carbons (Fsp3) is 0.333. The number of hydrazone groups is 1. The van der Waals surface area contributed by atoms with E-state index in [9.17, 15) is 22.8 Å². The molecule has 1 saturated heterocycles. The van der Waals surface area contributed by atoms with Gasteiger partial charge in [0.25, 0.3) is 0 Å². The molecular weight excluding hydrogens is 515 g/mol. The molecule has 2 aromatic heterocycles. The molecule has 0 radical (unpaired) electrons. The Morgan fingerprint density at radius 1 is 1.10 bits per heavy atom. The lowest BCUT2D eigenvalue weighted by atomic mass is 10.0. The van der Waals surface area contributed by atoms with Crippen LogP contribution < -0.4 is 4.74 Å². The minimum atomic E-state index is -0.734. The minimum Gasteiger partial charge on any atom is -0.483 e. The van der Waals surface area contributed by atoms with Crippen LogP contribution in [-0.4, -0.2) is 63.9 Å². The van der Waals surface area contributed by atoms with E-state index in [0.29, 0.717) is 40.2 Å². The zero-order chi connectivity index (χ0) is 27.8. The van der Waals surface area contributed by atoms with Gasteiger partial charge in [-0.1, -0.05) is 0 Å². The number of rotatable bonds is 6. The standard InChI is InChI=1S/C27H26F3N5O4/c1-4-38-26(36)25-14(2)24(15(3)33-25)21-10-23(20(30)11-31-21)39-19-12-34(13-19)27(37)35-22(5-6-32-35)16-7-17(28)9-18(29)8-16/h6-11,19,22,33H,4-5,12-13H2,1-3H3/t22-/m0/s1. The van der Waals surface area contributed by atoms with E-state index >= 15 is 0 Å². The zero-order valence-corrected chi connectivity index (χ0v) is 21.5. The van der Waals surface area contributed by atoms with Crippen LogP contribution in [-0.2, 0) is 4.74 Å². The molecular formula is C27H26F3N5O4. The molecule has 2 aliphatic heterocycles. The van der Waals surface area contributed by atoms with E-state index in [2.05, 4.69) is 15.1 Å². The number of nitrogens with one attached hydrogen (secondary N) is 1. The molecule has 9 nitrogen and oxygen atoms in total. The third-order valence-electron chi connectivity index (χ3n) is 6.70. The maximum atomic E-state index is 14.6. The number of nitrogens with zero attached hydrogens (tertiary/aromatic N) is 4. The third kappa shape index (κ3) is 5.06. The van der Waals surface area contributed by atoms with Crippen molar-refractivity contribution in [1.82, 2.24) is 19.9 Å². The average Bonchev–Trinajstić information content (AvgIpc) is 3.46. The Balaban J connectivity index is 1.26. The number of benzene rings is 1. The second-order valence-electron chi connectivity index (χ2n) is 9.37. The Kier molecular flexibility index (Phi) is 7.02. The molecule has 5 rings (SSSR count). The third-order valence-corrected chi connectivity index (χ3v) is 6.70. The summed E-state index contributed by atoms with van der Waals surface area (Å²) < 4.78 is 53.0. The number of urea groups is 1. The molecule has 2 amide bonds. The van der Waals surface area contributed by atoms with Crippen molar-refractivity contribution in [3.63, 3.8) is 0 Å². The highest BCUT2D eigenvalue weighted by molar-refractivity contribution is 5.92. The first kappa shape index (κ1) is 26.3. The van der Waals surface area contributed by atoms with Gasteiger partial charge in [0.05, 0.1) is 37.6 Å². The fourth-order valence-corrected chi connectivity index (χ4v) is 4.82. The summed E-state index contributed by atoms with van der Waals surface area (Å²) in [6, 6.07) is 3.51. The molecule has 2 aliphatic rings. The Hall–Kier alpha value is -4.35.